The van der Waals surface area contributed by atoms with Gasteiger partial charge in [-0.1, -0.05) is 49.7 Å². The van der Waals surface area contributed by atoms with E-state index in [0.29, 0.717) is 17.9 Å². The van der Waals surface area contributed by atoms with E-state index in [4.69, 9.17) is 4.98 Å². The number of aryl methyl sites for hydroxylation is 2. The van der Waals surface area contributed by atoms with Crippen LogP contribution in [0.3, 0.4) is 0 Å². The minimum Gasteiger partial charge on any atom is -0.351 e. The Balaban J connectivity index is 1.86. The zero-order chi connectivity index (χ0) is 20.8. The van der Waals surface area contributed by atoms with Crippen LogP contribution in [-0.2, 0) is 0 Å². The fourth-order valence-electron chi connectivity index (χ4n) is 3.48. The number of benzene rings is 2. The van der Waals surface area contributed by atoms with E-state index >= 15 is 0 Å². The minimum atomic E-state index is -0.0700. The van der Waals surface area contributed by atoms with Crippen LogP contribution in [0.5, 0.6) is 0 Å². The second-order valence-electron chi connectivity index (χ2n) is 7.30. The van der Waals surface area contributed by atoms with E-state index in [1.807, 2.05) is 36.4 Å². The third-order valence-electron chi connectivity index (χ3n) is 5.21. The molecule has 0 atom stereocenters. The number of carbonyl (C=O) groups excluding carboxylic acids is 1. The Morgan fingerprint density at radius 1 is 1.03 bits per heavy atom. The second-order valence-corrected chi connectivity index (χ2v) is 7.30. The Labute approximate surface area is 173 Å². The average molecular weight is 391 g/mol. The van der Waals surface area contributed by atoms with Gasteiger partial charge in [-0.2, -0.15) is 0 Å². The molecule has 0 unspecified atom stereocenters. The molecule has 5 heteroatoms. The van der Waals surface area contributed by atoms with Crippen molar-refractivity contribution in [2.24, 2.45) is 0 Å². The predicted octanol–water partition coefficient (Wildman–Crippen LogP) is 4.67. The molecule has 0 radical (unpaired) electrons. The van der Waals surface area contributed by atoms with E-state index in [0.717, 1.165) is 41.8 Å². The fourth-order valence-corrected chi connectivity index (χ4v) is 3.48. The number of para-hydroxylation sites is 1. The molecule has 0 aliphatic heterocycles. The number of hydrogen-bond donors (Lipinski definition) is 2. The van der Waals surface area contributed by atoms with Crippen molar-refractivity contribution in [1.82, 2.24) is 15.2 Å². The van der Waals surface area contributed by atoms with Crippen molar-refractivity contribution >= 4 is 28.3 Å². The normalized spacial score (nSPS) is 11.1. The molecule has 0 fully saturated rings. The third-order valence-corrected chi connectivity index (χ3v) is 5.21. The lowest BCUT2D eigenvalue weighted by Crippen LogP contribution is -2.34. The first-order chi connectivity index (χ1) is 14.0. The van der Waals surface area contributed by atoms with Crippen LogP contribution in [0.4, 0.5) is 11.5 Å². The third kappa shape index (κ3) is 5.12. The van der Waals surface area contributed by atoms with Crippen molar-refractivity contribution < 1.29 is 4.79 Å². The van der Waals surface area contributed by atoms with Crippen LogP contribution in [0.1, 0.15) is 35.3 Å². The standard InChI is InChI=1S/C24H30N4O/c1-5-28(6-2)14-13-25-24(29)20-16-23(27-22-10-8-7-9-19(20)22)26-21-12-11-17(3)15-18(21)4/h7-12,15-16H,5-6,13-14H2,1-4H3,(H,25,29)(H,26,27). The first-order valence-corrected chi connectivity index (χ1v) is 10.3. The number of amides is 1. The monoisotopic (exact) mass is 390 g/mol. The molecule has 1 amide bonds. The first-order valence-electron chi connectivity index (χ1n) is 10.3. The SMILES string of the molecule is CCN(CC)CCNC(=O)c1cc(Nc2ccc(C)cc2C)nc2ccccc12. The van der Waals surface area contributed by atoms with Crippen molar-refractivity contribution in [3.05, 3.63) is 65.2 Å². The van der Waals surface area contributed by atoms with Crippen LogP contribution >= 0.6 is 0 Å². The number of anilines is 2. The summed E-state index contributed by atoms with van der Waals surface area (Å²) < 4.78 is 0. The van der Waals surface area contributed by atoms with Crippen LogP contribution in [-0.4, -0.2) is 42.0 Å². The van der Waals surface area contributed by atoms with Crippen molar-refractivity contribution in [2.45, 2.75) is 27.7 Å². The van der Waals surface area contributed by atoms with E-state index in [1.165, 1.54) is 5.56 Å². The molecule has 1 heterocycles. The summed E-state index contributed by atoms with van der Waals surface area (Å²) >= 11 is 0. The van der Waals surface area contributed by atoms with Crippen LogP contribution in [0.2, 0.25) is 0 Å². The summed E-state index contributed by atoms with van der Waals surface area (Å²) in [5.41, 5.74) is 4.79. The molecule has 2 N–H and O–H groups in total. The lowest BCUT2D eigenvalue weighted by Gasteiger charge is -2.18. The summed E-state index contributed by atoms with van der Waals surface area (Å²) in [5, 5.41) is 7.30. The molecule has 3 rings (SSSR count). The molecule has 0 saturated heterocycles. The summed E-state index contributed by atoms with van der Waals surface area (Å²) in [6.45, 7) is 11.8. The summed E-state index contributed by atoms with van der Waals surface area (Å²) in [6, 6.07) is 15.9. The van der Waals surface area contributed by atoms with Crippen LogP contribution in [0, 0.1) is 13.8 Å². The zero-order valence-corrected chi connectivity index (χ0v) is 17.7. The molecule has 0 bridgehead atoms. The molecule has 5 nitrogen and oxygen atoms in total. The number of rotatable bonds is 8. The molecule has 0 aliphatic rings. The molecular weight excluding hydrogens is 360 g/mol. The quantitative estimate of drug-likeness (QED) is 0.587. The van der Waals surface area contributed by atoms with Gasteiger partial charge in [-0.25, -0.2) is 4.98 Å². The highest BCUT2D eigenvalue weighted by molar-refractivity contribution is 6.07. The van der Waals surface area contributed by atoms with Crippen molar-refractivity contribution in [3.63, 3.8) is 0 Å². The maximum absolute atomic E-state index is 12.9. The number of carbonyl (C=O) groups is 1. The Morgan fingerprint density at radius 3 is 2.52 bits per heavy atom. The first kappa shape index (κ1) is 20.8. The number of hydrogen-bond acceptors (Lipinski definition) is 4. The molecule has 152 valence electrons. The van der Waals surface area contributed by atoms with Crippen LogP contribution in [0.15, 0.2) is 48.5 Å². The molecule has 2 aromatic carbocycles. The van der Waals surface area contributed by atoms with E-state index < -0.39 is 0 Å². The Bertz CT molecular complexity index is 995. The van der Waals surface area contributed by atoms with Crippen LogP contribution in [0.25, 0.3) is 10.9 Å². The van der Waals surface area contributed by atoms with Gasteiger partial charge in [0.2, 0.25) is 0 Å². The largest absolute Gasteiger partial charge is 0.351 e. The van der Waals surface area contributed by atoms with Gasteiger partial charge in [-0.05, 0) is 50.7 Å². The van der Waals surface area contributed by atoms with Gasteiger partial charge < -0.3 is 15.5 Å². The lowest BCUT2D eigenvalue weighted by atomic mass is 10.1. The Morgan fingerprint density at radius 2 is 1.79 bits per heavy atom. The molecule has 0 spiro atoms. The van der Waals surface area contributed by atoms with Crippen molar-refractivity contribution in [3.8, 4) is 0 Å². The van der Waals surface area contributed by atoms with E-state index in [-0.39, 0.29) is 5.91 Å². The summed E-state index contributed by atoms with van der Waals surface area (Å²) in [5.74, 6) is 0.601. The maximum Gasteiger partial charge on any atom is 0.252 e. The topological polar surface area (TPSA) is 57.3 Å². The van der Waals surface area contributed by atoms with E-state index in [2.05, 4.69) is 55.4 Å². The smallest absolute Gasteiger partial charge is 0.252 e. The van der Waals surface area contributed by atoms with Gasteiger partial charge in [-0.3, -0.25) is 4.79 Å². The van der Waals surface area contributed by atoms with Crippen LogP contribution < -0.4 is 10.6 Å². The molecular formula is C24H30N4O. The van der Waals surface area contributed by atoms with Gasteiger partial charge in [0.1, 0.15) is 5.82 Å². The number of fused-ring (bicyclic) bond motifs is 1. The summed E-state index contributed by atoms with van der Waals surface area (Å²) in [7, 11) is 0. The number of nitrogens with zero attached hydrogens (tertiary/aromatic N) is 2. The van der Waals surface area contributed by atoms with Gasteiger partial charge in [0.15, 0.2) is 0 Å². The lowest BCUT2D eigenvalue weighted by molar-refractivity contribution is 0.0950. The number of likely N-dealkylation sites (N-methyl/N-ethyl adjacent to an activating group) is 1. The minimum absolute atomic E-state index is 0.0700. The molecule has 3 aromatic rings. The fraction of sp³-hybridized carbons (Fsp3) is 0.333. The van der Waals surface area contributed by atoms with Crippen molar-refractivity contribution in [1.29, 1.82) is 0 Å². The zero-order valence-electron chi connectivity index (χ0n) is 17.7. The maximum atomic E-state index is 12.9. The molecule has 0 saturated carbocycles. The summed E-state index contributed by atoms with van der Waals surface area (Å²) in [6.07, 6.45) is 0. The van der Waals surface area contributed by atoms with Gasteiger partial charge in [0.05, 0.1) is 11.1 Å². The van der Waals surface area contributed by atoms with Gasteiger partial charge >= 0.3 is 0 Å². The van der Waals surface area contributed by atoms with E-state index in [9.17, 15) is 4.79 Å². The number of nitrogens with one attached hydrogen (secondary N) is 2. The highest BCUT2D eigenvalue weighted by Gasteiger charge is 2.13. The van der Waals surface area contributed by atoms with Crippen molar-refractivity contribution in [2.75, 3.05) is 31.5 Å². The average Bonchev–Trinajstić information content (AvgIpc) is 2.72. The molecule has 1 aromatic heterocycles. The van der Waals surface area contributed by atoms with Gasteiger partial charge in [-0.15, -0.1) is 0 Å². The van der Waals surface area contributed by atoms with E-state index in [1.54, 1.807) is 0 Å². The predicted molar refractivity (Wildman–Crippen MR) is 121 cm³/mol. The Hall–Kier alpha value is -2.92. The van der Waals surface area contributed by atoms with Gasteiger partial charge in [0, 0.05) is 24.2 Å². The van der Waals surface area contributed by atoms with Gasteiger partial charge in [0.25, 0.3) is 5.91 Å². The molecule has 29 heavy (non-hydrogen) atoms. The summed E-state index contributed by atoms with van der Waals surface area (Å²) in [4.78, 5) is 20.0. The highest BCUT2D eigenvalue weighted by atomic mass is 16.1. The number of pyridine rings is 1. The Kier molecular flexibility index (Phi) is 6.83. The second kappa shape index (κ2) is 9.52. The molecule has 0 aliphatic carbocycles. The highest BCUT2D eigenvalue weighted by Crippen LogP contribution is 2.25. The number of aromatic nitrogens is 1.